The summed E-state index contributed by atoms with van der Waals surface area (Å²) in [7, 11) is -3.52. The van der Waals surface area contributed by atoms with Crippen molar-refractivity contribution in [2.45, 2.75) is 30.0 Å². The fourth-order valence-electron chi connectivity index (χ4n) is 3.14. The number of hydrogen-bond donors (Lipinski definition) is 1. The van der Waals surface area contributed by atoms with Crippen LogP contribution >= 0.6 is 0 Å². The van der Waals surface area contributed by atoms with Crippen LogP contribution in [0.25, 0.3) is 0 Å². The zero-order valence-corrected chi connectivity index (χ0v) is 17.0. The van der Waals surface area contributed by atoms with Gasteiger partial charge in [0.2, 0.25) is 0 Å². The molecule has 1 N–H and O–H groups in total. The lowest BCUT2D eigenvalue weighted by Gasteiger charge is -2.40. The first-order chi connectivity index (χ1) is 13.3. The van der Waals surface area contributed by atoms with E-state index in [9.17, 15) is 13.2 Å². The van der Waals surface area contributed by atoms with E-state index in [1.54, 1.807) is 30.3 Å². The van der Waals surface area contributed by atoms with Crippen LogP contribution in [0, 0.1) is 0 Å². The molecule has 2 aromatic rings. The average molecular weight is 407 g/mol. The number of ether oxygens (including phenoxy) is 1. The van der Waals surface area contributed by atoms with E-state index in [1.165, 1.54) is 12.1 Å². The minimum absolute atomic E-state index is 0.107. The van der Waals surface area contributed by atoms with E-state index in [4.69, 9.17) is 9.15 Å². The molecule has 1 aromatic carbocycles. The van der Waals surface area contributed by atoms with Crippen LogP contribution in [0.1, 0.15) is 30.2 Å². The van der Waals surface area contributed by atoms with Crippen molar-refractivity contribution in [3.8, 4) is 0 Å². The predicted octanol–water partition coefficient (Wildman–Crippen LogP) is 2.09. The Morgan fingerprint density at radius 3 is 2.46 bits per heavy atom. The summed E-state index contributed by atoms with van der Waals surface area (Å²) in [6.07, 6.45) is 0. The van der Waals surface area contributed by atoms with E-state index >= 15 is 0 Å². The summed E-state index contributed by atoms with van der Waals surface area (Å²) >= 11 is 0. The van der Waals surface area contributed by atoms with Gasteiger partial charge in [-0.1, -0.05) is 18.2 Å². The molecule has 2 heterocycles. The molecule has 1 aliphatic rings. The van der Waals surface area contributed by atoms with Gasteiger partial charge in [-0.3, -0.25) is 9.69 Å². The number of nitrogens with one attached hydrogen (secondary N) is 1. The number of sulfone groups is 1. The zero-order valence-electron chi connectivity index (χ0n) is 16.2. The molecule has 3 rings (SSSR count). The molecular formula is C20H26N2O5S. The van der Waals surface area contributed by atoms with Gasteiger partial charge >= 0.3 is 0 Å². The van der Waals surface area contributed by atoms with Crippen molar-refractivity contribution in [2.24, 2.45) is 0 Å². The number of amides is 1. The van der Waals surface area contributed by atoms with E-state index < -0.39 is 9.84 Å². The molecule has 1 aliphatic heterocycles. The summed E-state index contributed by atoms with van der Waals surface area (Å²) in [5.41, 5.74) is -0.217. The normalized spacial score (nSPS) is 16.1. The Bertz CT molecular complexity index is 900. The molecule has 0 bridgehead atoms. The molecule has 0 spiro atoms. The number of hydrogen-bond acceptors (Lipinski definition) is 6. The zero-order chi connectivity index (χ0) is 20.2. The predicted molar refractivity (Wildman–Crippen MR) is 105 cm³/mol. The molecule has 7 nitrogen and oxygen atoms in total. The van der Waals surface area contributed by atoms with E-state index in [0.717, 1.165) is 13.1 Å². The topological polar surface area (TPSA) is 88.8 Å². The molecule has 152 valence electrons. The fourth-order valence-corrected chi connectivity index (χ4v) is 4.41. The van der Waals surface area contributed by atoms with Crippen LogP contribution in [0.15, 0.2) is 51.8 Å². The first-order valence-corrected chi connectivity index (χ1v) is 10.9. The number of rotatable bonds is 7. The smallest absolute Gasteiger partial charge is 0.287 e. The highest BCUT2D eigenvalue weighted by Crippen LogP contribution is 2.19. The summed E-state index contributed by atoms with van der Waals surface area (Å²) in [4.78, 5) is 14.9. The van der Waals surface area contributed by atoms with Crippen molar-refractivity contribution in [3.63, 3.8) is 0 Å². The molecule has 1 aromatic heterocycles. The number of morpholine rings is 1. The Morgan fingerprint density at radius 2 is 1.79 bits per heavy atom. The summed E-state index contributed by atoms with van der Waals surface area (Å²) in [6.45, 7) is 7.61. The highest BCUT2D eigenvalue weighted by atomic mass is 32.2. The van der Waals surface area contributed by atoms with Crippen molar-refractivity contribution in [1.29, 1.82) is 0 Å². The fraction of sp³-hybridized carbons (Fsp3) is 0.450. The Hall–Kier alpha value is -2.16. The molecule has 0 radical (unpaired) electrons. The molecule has 0 saturated carbocycles. The average Bonchev–Trinajstić information content (AvgIpc) is 3.15. The largest absolute Gasteiger partial charge is 0.455 e. The van der Waals surface area contributed by atoms with Gasteiger partial charge < -0.3 is 14.5 Å². The van der Waals surface area contributed by atoms with Crippen LogP contribution in [-0.4, -0.2) is 57.6 Å². The van der Waals surface area contributed by atoms with Crippen LogP contribution < -0.4 is 5.32 Å². The number of furan rings is 1. The van der Waals surface area contributed by atoms with Gasteiger partial charge in [0, 0.05) is 25.2 Å². The second-order valence-corrected chi connectivity index (χ2v) is 9.42. The summed E-state index contributed by atoms with van der Waals surface area (Å²) in [5.74, 6) is -0.300. The van der Waals surface area contributed by atoms with Crippen molar-refractivity contribution < 1.29 is 22.4 Å². The maximum Gasteiger partial charge on any atom is 0.287 e. The number of nitrogens with zero attached hydrogens (tertiary/aromatic N) is 1. The van der Waals surface area contributed by atoms with Gasteiger partial charge in [-0.2, -0.15) is 0 Å². The first-order valence-electron chi connectivity index (χ1n) is 9.25. The third kappa shape index (κ3) is 5.01. The van der Waals surface area contributed by atoms with Gasteiger partial charge in [-0.05, 0) is 38.1 Å². The minimum Gasteiger partial charge on any atom is -0.455 e. The Kier molecular flexibility index (Phi) is 6.22. The number of benzene rings is 1. The second kappa shape index (κ2) is 8.46. The first kappa shape index (κ1) is 20.6. The maximum atomic E-state index is 12.4. The molecule has 1 fully saturated rings. The molecule has 0 unspecified atom stereocenters. The third-order valence-electron chi connectivity index (χ3n) is 4.87. The molecule has 1 saturated heterocycles. The molecular weight excluding hydrogens is 380 g/mol. The summed E-state index contributed by atoms with van der Waals surface area (Å²) < 4.78 is 35.7. The molecule has 0 aliphatic carbocycles. The Labute approximate surface area is 165 Å². The van der Waals surface area contributed by atoms with Crippen molar-refractivity contribution >= 4 is 15.7 Å². The van der Waals surface area contributed by atoms with Gasteiger partial charge in [0.1, 0.15) is 11.5 Å². The van der Waals surface area contributed by atoms with Crippen LogP contribution in [0.5, 0.6) is 0 Å². The highest BCUT2D eigenvalue weighted by molar-refractivity contribution is 7.90. The van der Waals surface area contributed by atoms with Crippen LogP contribution in [-0.2, 0) is 20.3 Å². The highest BCUT2D eigenvalue weighted by Gasteiger charge is 2.29. The SMILES string of the molecule is CC(C)(CNC(=O)c1ccc(CS(=O)(=O)c2ccccc2)o1)N1CCOCC1. The molecule has 8 heteroatoms. The van der Waals surface area contributed by atoms with E-state index in [0.29, 0.717) is 19.8 Å². The maximum absolute atomic E-state index is 12.4. The number of carbonyl (C=O) groups is 1. The summed E-state index contributed by atoms with van der Waals surface area (Å²) in [6, 6.07) is 11.2. The van der Waals surface area contributed by atoms with Crippen LogP contribution in [0.3, 0.4) is 0 Å². The molecule has 28 heavy (non-hydrogen) atoms. The van der Waals surface area contributed by atoms with Crippen molar-refractivity contribution in [2.75, 3.05) is 32.8 Å². The standard InChI is InChI=1S/C20H26N2O5S/c1-20(2,22-10-12-26-13-11-22)15-21-19(23)18-9-8-16(27-18)14-28(24,25)17-6-4-3-5-7-17/h3-9H,10-15H2,1-2H3,(H,21,23). The lowest BCUT2D eigenvalue weighted by Crippen LogP contribution is -2.55. The molecule has 0 atom stereocenters. The van der Waals surface area contributed by atoms with Gasteiger partial charge in [-0.25, -0.2) is 8.42 Å². The monoisotopic (exact) mass is 406 g/mol. The van der Waals surface area contributed by atoms with Crippen LogP contribution in [0.4, 0.5) is 0 Å². The molecule has 1 amide bonds. The lowest BCUT2D eigenvalue weighted by atomic mass is 10.0. The van der Waals surface area contributed by atoms with Gasteiger partial charge in [-0.15, -0.1) is 0 Å². The van der Waals surface area contributed by atoms with Crippen molar-refractivity contribution in [3.05, 3.63) is 54.0 Å². The number of carbonyl (C=O) groups excluding carboxylic acids is 1. The van der Waals surface area contributed by atoms with Crippen molar-refractivity contribution in [1.82, 2.24) is 10.2 Å². The van der Waals surface area contributed by atoms with E-state index in [-0.39, 0.29) is 33.6 Å². The van der Waals surface area contributed by atoms with Gasteiger partial charge in [0.05, 0.1) is 18.1 Å². The Balaban J connectivity index is 1.59. The Morgan fingerprint density at radius 1 is 1.11 bits per heavy atom. The van der Waals surface area contributed by atoms with Gasteiger partial charge in [0.25, 0.3) is 5.91 Å². The second-order valence-electron chi connectivity index (χ2n) is 7.43. The minimum atomic E-state index is -3.52. The van der Waals surface area contributed by atoms with E-state index in [1.807, 2.05) is 0 Å². The van der Waals surface area contributed by atoms with E-state index in [2.05, 4.69) is 24.1 Å². The van der Waals surface area contributed by atoms with Gasteiger partial charge in [0.15, 0.2) is 15.6 Å². The van der Waals surface area contributed by atoms with Crippen LogP contribution in [0.2, 0.25) is 0 Å². The summed E-state index contributed by atoms with van der Waals surface area (Å²) in [5, 5.41) is 2.88. The lowest BCUT2D eigenvalue weighted by molar-refractivity contribution is -0.00930. The third-order valence-corrected chi connectivity index (χ3v) is 6.52. The quantitative estimate of drug-likeness (QED) is 0.757.